The van der Waals surface area contributed by atoms with Crippen molar-refractivity contribution in [3.05, 3.63) is 128 Å². The molecule has 326 valence electrons. The standard InChI is InChI=1S/C48H57ClIN3O7S/c1-33(34(2)61(56,57)52(28-35-12-18-41(58-3)19-13-35)29-36-14-20-42(59-4)21-15-36)8-5-11-44(47(54)55)53-25-7-10-40(53)30-51-31-48(32-60-46-23-17-39(50)27-45(46)51)24-6-9-37-26-38(49)16-22-43(37)48/h5,11-23,26-27,33-34,40,44H,6-10,24-25,28-32H2,1-4H3,(H,54,55)/b11-5+/t33-,34+,40-,44?,48-/m0/s1. The van der Waals surface area contributed by atoms with Crippen LogP contribution in [0.2, 0.25) is 5.02 Å². The van der Waals surface area contributed by atoms with Crippen molar-refractivity contribution in [2.75, 3.05) is 45.4 Å². The molecular weight excluding hydrogens is 925 g/mol. The molecule has 61 heavy (non-hydrogen) atoms. The van der Waals surface area contributed by atoms with E-state index < -0.39 is 27.3 Å². The second-order valence-corrected chi connectivity index (χ2v) is 20.9. The van der Waals surface area contributed by atoms with E-state index in [-0.39, 0.29) is 30.5 Å². The molecule has 7 rings (SSSR count). The van der Waals surface area contributed by atoms with Gasteiger partial charge in [0, 0.05) is 46.2 Å². The molecule has 0 aromatic heterocycles. The molecule has 2 aliphatic heterocycles. The molecule has 3 aliphatic rings. The topological polar surface area (TPSA) is 109 Å². The van der Waals surface area contributed by atoms with Gasteiger partial charge in [0.1, 0.15) is 23.3 Å². The van der Waals surface area contributed by atoms with Gasteiger partial charge in [-0.3, -0.25) is 9.69 Å². The third-order valence-corrected chi connectivity index (χ3v) is 16.2. The van der Waals surface area contributed by atoms with E-state index in [1.54, 1.807) is 27.2 Å². The van der Waals surface area contributed by atoms with Gasteiger partial charge in [0.05, 0.1) is 31.8 Å². The molecule has 10 nitrogen and oxygen atoms in total. The fourth-order valence-corrected chi connectivity index (χ4v) is 11.8. The summed E-state index contributed by atoms with van der Waals surface area (Å²) in [5, 5.41) is 10.7. The number of allylic oxidation sites excluding steroid dienone is 1. The highest BCUT2D eigenvalue weighted by Crippen LogP contribution is 2.45. The van der Waals surface area contributed by atoms with E-state index in [1.807, 2.05) is 67.6 Å². The van der Waals surface area contributed by atoms with Crippen LogP contribution in [0.15, 0.2) is 97.1 Å². The summed E-state index contributed by atoms with van der Waals surface area (Å²) in [5.41, 5.74) is 5.06. The predicted octanol–water partition coefficient (Wildman–Crippen LogP) is 9.36. The first-order valence-electron chi connectivity index (χ1n) is 21.2. The quantitative estimate of drug-likeness (QED) is 0.0869. The molecule has 13 heteroatoms. The van der Waals surface area contributed by atoms with E-state index in [2.05, 4.69) is 62.7 Å². The molecule has 4 aromatic carbocycles. The van der Waals surface area contributed by atoms with E-state index in [4.69, 9.17) is 25.8 Å². The van der Waals surface area contributed by atoms with Gasteiger partial charge >= 0.3 is 5.97 Å². The number of likely N-dealkylation sites (tertiary alicyclic amines) is 1. The van der Waals surface area contributed by atoms with Crippen LogP contribution in [0.3, 0.4) is 0 Å². The molecule has 1 spiro atoms. The van der Waals surface area contributed by atoms with E-state index in [9.17, 15) is 18.3 Å². The number of rotatable bonds is 16. The predicted molar refractivity (Wildman–Crippen MR) is 251 cm³/mol. The number of carbonyl (C=O) groups is 1. The lowest BCUT2D eigenvalue weighted by Gasteiger charge is -2.42. The Morgan fingerprint density at radius 2 is 1.66 bits per heavy atom. The third kappa shape index (κ3) is 10.4. The highest BCUT2D eigenvalue weighted by molar-refractivity contribution is 14.1. The van der Waals surface area contributed by atoms with Gasteiger partial charge in [-0.2, -0.15) is 4.31 Å². The number of sulfonamides is 1. The Balaban J connectivity index is 1.08. The first-order chi connectivity index (χ1) is 29.3. The number of anilines is 1. The molecule has 1 fully saturated rings. The summed E-state index contributed by atoms with van der Waals surface area (Å²) in [6.45, 7) is 6.70. The molecule has 1 N–H and O–H groups in total. The summed E-state index contributed by atoms with van der Waals surface area (Å²) in [7, 11) is -0.610. The average molecular weight is 982 g/mol. The summed E-state index contributed by atoms with van der Waals surface area (Å²) >= 11 is 8.83. The van der Waals surface area contributed by atoms with Crippen molar-refractivity contribution in [2.45, 2.75) is 88.2 Å². The maximum Gasteiger partial charge on any atom is 0.324 e. The van der Waals surface area contributed by atoms with Crippen LogP contribution in [0.25, 0.3) is 0 Å². The third-order valence-electron chi connectivity index (χ3n) is 13.0. The van der Waals surface area contributed by atoms with Gasteiger partial charge in [-0.25, -0.2) is 8.42 Å². The van der Waals surface area contributed by atoms with Crippen LogP contribution < -0.4 is 19.1 Å². The number of ether oxygens (including phenoxy) is 3. The Labute approximate surface area is 380 Å². The van der Waals surface area contributed by atoms with Crippen molar-refractivity contribution in [3.63, 3.8) is 0 Å². The minimum atomic E-state index is -3.81. The normalized spacial score (nSPS) is 20.8. The first kappa shape index (κ1) is 45.2. The molecule has 0 saturated carbocycles. The number of hydrogen-bond acceptors (Lipinski definition) is 8. The number of aliphatic carboxylic acids is 1. The van der Waals surface area contributed by atoms with Gasteiger partial charge in [0.15, 0.2) is 0 Å². The fraction of sp³-hybridized carbons (Fsp3) is 0.438. The minimum Gasteiger partial charge on any atom is -0.497 e. The van der Waals surface area contributed by atoms with Gasteiger partial charge < -0.3 is 24.2 Å². The number of carboxylic acid groups (broad SMARTS) is 1. The summed E-state index contributed by atoms with van der Waals surface area (Å²) in [4.78, 5) is 17.6. The lowest BCUT2D eigenvalue weighted by molar-refractivity contribution is -0.141. The maximum atomic E-state index is 14.4. The van der Waals surface area contributed by atoms with Gasteiger partial charge in [-0.05, 0) is 157 Å². The second-order valence-electron chi connectivity index (χ2n) is 16.9. The van der Waals surface area contributed by atoms with Crippen molar-refractivity contribution in [3.8, 4) is 17.2 Å². The zero-order chi connectivity index (χ0) is 43.3. The largest absolute Gasteiger partial charge is 0.497 e. The molecule has 0 radical (unpaired) electrons. The number of fused-ring (bicyclic) bond motifs is 3. The van der Waals surface area contributed by atoms with Crippen LogP contribution in [0.1, 0.15) is 68.2 Å². The zero-order valence-electron chi connectivity index (χ0n) is 35.4. The van der Waals surface area contributed by atoms with Crippen LogP contribution in [-0.4, -0.2) is 86.5 Å². The summed E-state index contributed by atoms with van der Waals surface area (Å²) < 4.78 is 48.8. The number of methoxy groups -OCH3 is 2. The smallest absolute Gasteiger partial charge is 0.324 e. The van der Waals surface area contributed by atoms with E-state index >= 15 is 0 Å². The summed E-state index contributed by atoms with van der Waals surface area (Å²) in [5.74, 6) is 1.04. The number of nitrogens with zero attached hydrogens (tertiary/aromatic N) is 3. The Bertz CT molecular complexity index is 2240. The molecule has 2 heterocycles. The van der Waals surface area contributed by atoms with Crippen molar-refractivity contribution in [1.82, 2.24) is 9.21 Å². The number of benzene rings is 4. The van der Waals surface area contributed by atoms with Gasteiger partial charge in [-0.15, -0.1) is 0 Å². The number of carboxylic acids is 1. The van der Waals surface area contributed by atoms with Crippen molar-refractivity contribution >= 4 is 55.9 Å². The molecule has 1 unspecified atom stereocenters. The van der Waals surface area contributed by atoms with Crippen LogP contribution in [0, 0.1) is 9.49 Å². The Hall–Kier alpha value is -3.82. The highest BCUT2D eigenvalue weighted by Gasteiger charge is 2.43. The van der Waals surface area contributed by atoms with Crippen molar-refractivity contribution in [1.29, 1.82) is 0 Å². The second kappa shape index (κ2) is 19.7. The van der Waals surface area contributed by atoms with Crippen LogP contribution in [0.5, 0.6) is 17.2 Å². The average Bonchev–Trinajstić information content (AvgIpc) is 3.65. The zero-order valence-corrected chi connectivity index (χ0v) is 39.2. The summed E-state index contributed by atoms with van der Waals surface area (Å²) in [6, 6.07) is 26.6. The van der Waals surface area contributed by atoms with Gasteiger partial charge in [0.2, 0.25) is 10.0 Å². The summed E-state index contributed by atoms with van der Waals surface area (Å²) in [6.07, 6.45) is 8.84. The van der Waals surface area contributed by atoms with Gasteiger partial charge in [-0.1, -0.05) is 61.0 Å². The van der Waals surface area contributed by atoms with Crippen LogP contribution in [0.4, 0.5) is 5.69 Å². The molecule has 0 amide bonds. The molecule has 5 atom stereocenters. The Morgan fingerprint density at radius 3 is 2.30 bits per heavy atom. The van der Waals surface area contributed by atoms with Gasteiger partial charge in [0.25, 0.3) is 0 Å². The fourth-order valence-electron chi connectivity index (χ4n) is 9.34. The Kier molecular flexibility index (Phi) is 14.6. The van der Waals surface area contributed by atoms with Crippen LogP contribution in [-0.2, 0) is 39.7 Å². The van der Waals surface area contributed by atoms with Crippen molar-refractivity contribution in [2.24, 2.45) is 5.92 Å². The lowest BCUT2D eigenvalue weighted by atomic mass is 9.70. The van der Waals surface area contributed by atoms with E-state index in [0.717, 1.165) is 69.8 Å². The van der Waals surface area contributed by atoms with Crippen molar-refractivity contribution < 1.29 is 32.5 Å². The molecule has 1 aliphatic carbocycles. The monoisotopic (exact) mass is 981 g/mol. The van der Waals surface area contributed by atoms with Crippen LogP contribution >= 0.6 is 34.2 Å². The number of hydrogen-bond donors (Lipinski definition) is 1. The molecule has 1 saturated heterocycles. The SMILES string of the molecule is COc1ccc(CN(Cc2ccc(OC)cc2)S(=O)(=O)[C@H](C)[C@@H](C)C/C=C/C(C(=O)O)N2CCC[C@H]2CN2C[C@@]3(CCCc4cc(Cl)ccc43)COc3ccc(I)cc32)cc1. The van der Waals surface area contributed by atoms with E-state index in [1.165, 1.54) is 15.4 Å². The number of aryl methyl sites for hydroxylation is 1. The number of halogens is 2. The Morgan fingerprint density at radius 1 is 0.984 bits per heavy atom. The maximum absolute atomic E-state index is 14.4. The van der Waals surface area contributed by atoms with E-state index in [0.29, 0.717) is 37.6 Å². The molecular formula is C48H57ClIN3O7S. The molecule has 4 aromatic rings. The minimum absolute atomic E-state index is 0.0129. The highest BCUT2D eigenvalue weighted by atomic mass is 127. The first-order valence-corrected chi connectivity index (χ1v) is 24.1. The molecule has 0 bridgehead atoms. The lowest BCUT2D eigenvalue weighted by Crippen LogP contribution is -2.51.